The van der Waals surface area contributed by atoms with Gasteiger partial charge in [-0.2, -0.15) is 0 Å². The van der Waals surface area contributed by atoms with Crippen LogP contribution in [-0.4, -0.2) is 19.6 Å². The maximum absolute atomic E-state index is 13.9. The largest absolute Gasteiger partial charge is 0.291 e. The highest BCUT2D eigenvalue weighted by molar-refractivity contribution is 7.98. The Morgan fingerprint density at radius 3 is 2.96 bits per heavy atom. The Kier molecular flexibility index (Phi) is 3.61. The Morgan fingerprint density at radius 1 is 1.39 bits per heavy atom. The molecule has 118 valence electrons. The van der Waals surface area contributed by atoms with Crippen LogP contribution in [-0.2, 0) is 5.75 Å². The molecule has 0 spiro atoms. The van der Waals surface area contributed by atoms with Crippen molar-refractivity contribution in [2.45, 2.75) is 29.7 Å². The van der Waals surface area contributed by atoms with E-state index in [9.17, 15) is 9.18 Å². The van der Waals surface area contributed by atoms with Gasteiger partial charge in [0.1, 0.15) is 5.82 Å². The molecule has 0 atom stereocenters. The summed E-state index contributed by atoms with van der Waals surface area (Å²) in [6.45, 7) is 0. The Hall–Kier alpha value is -1.86. The SMILES string of the molecule is O=c1cc(C2CC2)n2c(SCc3c(F)cccc3Cl)nnc2[nH]1. The summed E-state index contributed by atoms with van der Waals surface area (Å²) in [7, 11) is 0. The third kappa shape index (κ3) is 2.74. The standard InChI is InChI=1S/C15H12ClFN4OS/c16-10-2-1-3-11(17)9(10)7-23-15-20-19-14-18-13(22)6-12(21(14)15)8-4-5-8/h1-3,6,8H,4-5,7H2,(H,18,19,22). The molecule has 0 unspecified atom stereocenters. The fourth-order valence-electron chi connectivity index (χ4n) is 2.51. The Morgan fingerprint density at radius 2 is 2.22 bits per heavy atom. The number of H-pyrrole nitrogens is 1. The summed E-state index contributed by atoms with van der Waals surface area (Å²) in [6, 6.07) is 6.22. The Bertz CT molecular complexity index is 930. The highest BCUT2D eigenvalue weighted by Crippen LogP contribution is 2.40. The first-order valence-corrected chi connectivity index (χ1v) is 8.54. The van der Waals surface area contributed by atoms with Gasteiger partial charge < -0.3 is 0 Å². The molecule has 1 N–H and O–H groups in total. The molecule has 0 saturated heterocycles. The zero-order valence-electron chi connectivity index (χ0n) is 11.9. The summed E-state index contributed by atoms with van der Waals surface area (Å²) in [4.78, 5) is 14.4. The van der Waals surface area contributed by atoms with Gasteiger partial charge in [-0.05, 0) is 25.0 Å². The summed E-state index contributed by atoms with van der Waals surface area (Å²) in [5.74, 6) is 0.790. The molecule has 0 radical (unpaired) electrons. The van der Waals surface area contributed by atoms with Gasteiger partial charge in [-0.1, -0.05) is 29.4 Å². The average molecular weight is 351 g/mol. The van der Waals surface area contributed by atoms with Crippen LogP contribution in [0, 0.1) is 5.82 Å². The lowest BCUT2D eigenvalue weighted by Gasteiger charge is -2.07. The summed E-state index contributed by atoms with van der Waals surface area (Å²) in [6.07, 6.45) is 2.11. The third-order valence-corrected chi connectivity index (χ3v) is 5.12. The number of benzene rings is 1. The number of nitrogens with zero attached hydrogens (tertiary/aromatic N) is 3. The number of hydrogen-bond acceptors (Lipinski definition) is 4. The molecule has 8 heteroatoms. The first kappa shape index (κ1) is 14.7. The van der Waals surface area contributed by atoms with E-state index in [4.69, 9.17) is 11.6 Å². The van der Waals surface area contributed by atoms with E-state index in [0.717, 1.165) is 18.5 Å². The van der Waals surface area contributed by atoms with Crippen LogP contribution in [0.2, 0.25) is 5.02 Å². The molecule has 0 amide bonds. The molecule has 1 fully saturated rings. The topological polar surface area (TPSA) is 63.1 Å². The minimum Gasteiger partial charge on any atom is -0.291 e. The van der Waals surface area contributed by atoms with E-state index in [0.29, 0.717) is 33.2 Å². The molecular formula is C15H12ClFN4OS. The maximum atomic E-state index is 13.9. The molecule has 4 rings (SSSR count). The fourth-order valence-corrected chi connectivity index (χ4v) is 3.80. The molecular weight excluding hydrogens is 339 g/mol. The zero-order chi connectivity index (χ0) is 16.0. The molecule has 2 aromatic heterocycles. The lowest BCUT2D eigenvalue weighted by atomic mass is 10.2. The molecule has 5 nitrogen and oxygen atoms in total. The van der Waals surface area contributed by atoms with Gasteiger partial charge in [0.15, 0.2) is 5.16 Å². The molecule has 3 aromatic rings. The smallest absolute Gasteiger partial charge is 0.252 e. The van der Waals surface area contributed by atoms with Gasteiger partial charge in [-0.3, -0.25) is 14.2 Å². The zero-order valence-corrected chi connectivity index (χ0v) is 13.5. The fraction of sp³-hybridized carbons (Fsp3) is 0.267. The molecule has 1 saturated carbocycles. The van der Waals surface area contributed by atoms with Crippen LogP contribution >= 0.6 is 23.4 Å². The van der Waals surface area contributed by atoms with Crippen molar-refractivity contribution in [3.8, 4) is 0 Å². The predicted octanol–water partition coefficient (Wildman–Crippen LogP) is 3.38. The van der Waals surface area contributed by atoms with Crippen molar-refractivity contribution in [3.63, 3.8) is 0 Å². The molecule has 2 heterocycles. The van der Waals surface area contributed by atoms with Crippen molar-refractivity contribution in [1.29, 1.82) is 0 Å². The molecule has 1 aliphatic rings. The van der Waals surface area contributed by atoms with Gasteiger partial charge in [0, 0.05) is 34.0 Å². The first-order chi connectivity index (χ1) is 11.1. The number of rotatable bonds is 4. The number of aromatic amines is 1. The third-order valence-electron chi connectivity index (χ3n) is 3.81. The van der Waals surface area contributed by atoms with Crippen molar-refractivity contribution >= 4 is 29.1 Å². The quantitative estimate of drug-likeness (QED) is 0.733. The molecule has 23 heavy (non-hydrogen) atoms. The second-order valence-corrected chi connectivity index (χ2v) is 6.81. The van der Waals surface area contributed by atoms with Gasteiger partial charge in [0.2, 0.25) is 5.78 Å². The van der Waals surface area contributed by atoms with E-state index in [1.165, 1.54) is 17.8 Å². The van der Waals surface area contributed by atoms with E-state index in [1.807, 2.05) is 4.40 Å². The number of thioether (sulfide) groups is 1. The van der Waals surface area contributed by atoms with Crippen LogP contribution in [0.25, 0.3) is 5.78 Å². The van der Waals surface area contributed by atoms with Crippen molar-refractivity contribution in [3.05, 3.63) is 56.7 Å². The van der Waals surface area contributed by atoms with Gasteiger partial charge >= 0.3 is 0 Å². The summed E-state index contributed by atoms with van der Waals surface area (Å²) in [5, 5.41) is 9.15. The van der Waals surface area contributed by atoms with Crippen molar-refractivity contribution in [2.24, 2.45) is 0 Å². The van der Waals surface area contributed by atoms with Crippen LogP contribution in [0.3, 0.4) is 0 Å². The Labute approximate surface area is 139 Å². The molecule has 0 aliphatic heterocycles. The van der Waals surface area contributed by atoms with Crippen molar-refractivity contribution in [1.82, 2.24) is 19.6 Å². The summed E-state index contributed by atoms with van der Waals surface area (Å²) >= 11 is 7.40. The highest BCUT2D eigenvalue weighted by Gasteiger charge is 2.28. The van der Waals surface area contributed by atoms with Gasteiger partial charge in [-0.25, -0.2) is 4.39 Å². The van der Waals surface area contributed by atoms with Crippen molar-refractivity contribution < 1.29 is 4.39 Å². The normalized spacial score (nSPS) is 14.5. The van der Waals surface area contributed by atoms with Gasteiger partial charge in [0.25, 0.3) is 5.56 Å². The van der Waals surface area contributed by atoms with Crippen LogP contribution in [0.4, 0.5) is 4.39 Å². The average Bonchev–Trinajstić information content (AvgIpc) is 3.28. The first-order valence-electron chi connectivity index (χ1n) is 7.17. The van der Waals surface area contributed by atoms with Crippen LogP contribution in [0.5, 0.6) is 0 Å². The van der Waals surface area contributed by atoms with Crippen molar-refractivity contribution in [2.75, 3.05) is 0 Å². The van der Waals surface area contributed by atoms with E-state index < -0.39 is 0 Å². The number of fused-ring (bicyclic) bond motifs is 1. The van der Waals surface area contributed by atoms with E-state index in [-0.39, 0.29) is 11.4 Å². The second kappa shape index (κ2) is 5.65. The summed E-state index contributed by atoms with van der Waals surface area (Å²) in [5.41, 5.74) is 1.17. The van der Waals surface area contributed by atoms with Crippen LogP contribution in [0.1, 0.15) is 30.0 Å². The van der Waals surface area contributed by atoms with Gasteiger partial charge in [-0.15, -0.1) is 10.2 Å². The number of nitrogens with one attached hydrogen (secondary N) is 1. The minimum absolute atomic E-state index is 0.180. The lowest BCUT2D eigenvalue weighted by Crippen LogP contribution is -2.11. The monoisotopic (exact) mass is 350 g/mol. The van der Waals surface area contributed by atoms with E-state index >= 15 is 0 Å². The van der Waals surface area contributed by atoms with Gasteiger partial charge in [0.05, 0.1) is 0 Å². The number of hydrogen-bond donors (Lipinski definition) is 1. The summed E-state index contributed by atoms with van der Waals surface area (Å²) < 4.78 is 15.7. The predicted molar refractivity (Wildman–Crippen MR) is 86.6 cm³/mol. The number of halogens is 2. The molecule has 0 bridgehead atoms. The lowest BCUT2D eigenvalue weighted by molar-refractivity contribution is 0.617. The van der Waals surface area contributed by atoms with Crippen LogP contribution < -0.4 is 5.56 Å². The van der Waals surface area contributed by atoms with E-state index in [2.05, 4.69) is 15.2 Å². The minimum atomic E-state index is -0.338. The molecule has 1 aromatic carbocycles. The second-order valence-electron chi connectivity index (χ2n) is 5.46. The molecule has 1 aliphatic carbocycles. The number of aromatic nitrogens is 4. The van der Waals surface area contributed by atoms with Crippen LogP contribution in [0.15, 0.2) is 34.2 Å². The Balaban J connectivity index is 1.71. The maximum Gasteiger partial charge on any atom is 0.252 e. The van der Waals surface area contributed by atoms with E-state index in [1.54, 1.807) is 18.2 Å². The highest BCUT2D eigenvalue weighted by atomic mass is 35.5.